The van der Waals surface area contributed by atoms with Crippen LogP contribution in [0, 0.1) is 0 Å². The summed E-state index contributed by atoms with van der Waals surface area (Å²) in [6.45, 7) is 0.902. The maximum atomic E-state index is 11.7. The minimum absolute atomic E-state index is 0.105. The van der Waals surface area contributed by atoms with E-state index in [0.717, 1.165) is 4.47 Å². The van der Waals surface area contributed by atoms with E-state index in [0.29, 0.717) is 5.56 Å². The highest BCUT2D eigenvalue weighted by molar-refractivity contribution is 9.10. The number of rotatable bonds is 5. The van der Waals surface area contributed by atoms with Gasteiger partial charge in [-0.3, -0.25) is 0 Å². The molecule has 0 saturated carbocycles. The Morgan fingerprint density at radius 1 is 1.29 bits per heavy atom. The molecule has 1 rings (SSSR count). The van der Waals surface area contributed by atoms with Gasteiger partial charge in [0, 0.05) is 10.2 Å². The molecule has 2 atom stereocenters. The number of hydrogen-bond acceptors (Lipinski definition) is 4. The number of hydrogen-bond donors (Lipinski definition) is 2. The molecule has 2 N–H and O–H groups in total. The summed E-state index contributed by atoms with van der Waals surface area (Å²) >= 11 is 3.25. The van der Waals surface area contributed by atoms with E-state index in [9.17, 15) is 13.5 Å². The third-order valence-electron chi connectivity index (χ3n) is 2.61. The summed E-state index contributed by atoms with van der Waals surface area (Å²) in [6, 6.07) is 6.68. The molecule has 0 amide bonds. The molecule has 0 heterocycles. The molecule has 4 nitrogen and oxygen atoms in total. The van der Waals surface area contributed by atoms with E-state index in [1.165, 1.54) is 6.92 Å². The zero-order valence-electron chi connectivity index (χ0n) is 9.38. The highest BCUT2D eigenvalue weighted by Gasteiger charge is 2.31. The Hall–Kier alpha value is -0.430. The highest BCUT2D eigenvalue weighted by atomic mass is 79.9. The number of aliphatic hydroxyl groups is 2. The molecular formula is C11H15BrO4S. The summed E-state index contributed by atoms with van der Waals surface area (Å²) in [7, 11) is -3.48. The lowest BCUT2D eigenvalue weighted by molar-refractivity contribution is 0.138. The molecular weight excluding hydrogens is 308 g/mol. The molecule has 2 unspecified atom stereocenters. The molecule has 96 valence electrons. The SMILES string of the molecule is CCS(=O)(=O)C(CO)C(O)c1ccc(Br)cc1. The van der Waals surface area contributed by atoms with Crippen LogP contribution >= 0.6 is 15.9 Å². The van der Waals surface area contributed by atoms with Crippen molar-refractivity contribution in [3.63, 3.8) is 0 Å². The van der Waals surface area contributed by atoms with Gasteiger partial charge in [0.05, 0.1) is 12.7 Å². The van der Waals surface area contributed by atoms with Gasteiger partial charge >= 0.3 is 0 Å². The molecule has 0 aliphatic heterocycles. The van der Waals surface area contributed by atoms with Crippen molar-refractivity contribution in [2.24, 2.45) is 0 Å². The van der Waals surface area contributed by atoms with Crippen LogP contribution in [0.5, 0.6) is 0 Å². The second kappa shape index (κ2) is 5.95. The quantitative estimate of drug-likeness (QED) is 0.856. The fourth-order valence-corrected chi connectivity index (χ4v) is 2.97. The minimum Gasteiger partial charge on any atom is -0.395 e. The van der Waals surface area contributed by atoms with Crippen LogP contribution in [0.4, 0.5) is 0 Å². The summed E-state index contributed by atoms with van der Waals surface area (Å²) in [4.78, 5) is 0. The van der Waals surface area contributed by atoms with E-state index in [4.69, 9.17) is 5.11 Å². The normalized spacial score (nSPS) is 15.5. The van der Waals surface area contributed by atoms with E-state index in [-0.39, 0.29) is 5.75 Å². The summed E-state index contributed by atoms with van der Waals surface area (Å²) in [5.41, 5.74) is 0.476. The van der Waals surface area contributed by atoms with Crippen LogP contribution in [-0.2, 0) is 9.84 Å². The second-order valence-corrected chi connectivity index (χ2v) is 7.09. The lowest BCUT2D eigenvalue weighted by Crippen LogP contribution is -2.33. The Morgan fingerprint density at radius 2 is 1.82 bits per heavy atom. The van der Waals surface area contributed by atoms with Gasteiger partial charge in [0.2, 0.25) is 0 Å². The Kier molecular flexibility index (Phi) is 5.12. The van der Waals surface area contributed by atoms with Crippen molar-refractivity contribution in [1.29, 1.82) is 0 Å². The highest BCUT2D eigenvalue weighted by Crippen LogP contribution is 2.24. The lowest BCUT2D eigenvalue weighted by atomic mass is 10.1. The van der Waals surface area contributed by atoms with Crippen molar-refractivity contribution in [3.8, 4) is 0 Å². The van der Waals surface area contributed by atoms with E-state index >= 15 is 0 Å². The maximum Gasteiger partial charge on any atom is 0.158 e. The van der Waals surface area contributed by atoms with Crippen LogP contribution in [0.3, 0.4) is 0 Å². The van der Waals surface area contributed by atoms with E-state index in [1.54, 1.807) is 24.3 Å². The van der Waals surface area contributed by atoms with Gasteiger partial charge in [0.15, 0.2) is 9.84 Å². The fourth-order valence-electron chi connectivity index (χ4n) is 1.50. The Morgan fingerprint density at radius 3 is 2.24 bits per heavy atom. The molecule has 17 heavy (non-hydrogen) atoms. The molecule has 6 heteroatoms. The minimum atomic E-state index is -3.48. The molecule has 1 aromatic rings. The molecule has 0 aromatic heterocycles. The van der Waals surface area contributed by atoms with Crippen molar-refractivity contribution < 1.29 is 18.6 Å². The topological polar surface area (TPSA) is 74.6 Å². The largest absolute Gasteiger partial charge is 0.395 e. The standard InChI is InChI=1S/C11H15BrO4S/c1-2-17(15,16)10(7-13)11(14)8-3-5-9(12)6-4-8/h3-6,10-11,13-14H,2,7H2,1H3. The molecule has 0 bridgehead atoms. The monoisotopic (exact) mass is 322 g/mol. The summed E-state index contributed by atoms with van der Waals surface area (Å²) < 4.78 is 24.2. The van der Waals surface area contributed by atoms with Crippen molar-refractivity contribution in [1.82, 2.24) is 0 Å². The summed E-state index contributed by atoms with van der Waals surface area (Å²) in [5.74, 6) is -0.105. The first-order chi connectivity index (χ1) is 7.92. The van der Waals surface area contributed by atoms with Gasteiger partial charge in [-0.25, -0.2) is 8.42 Å². The zero-order chi connectivity index (χ0) is 13.1. The number of sulfone groups is 1. The molecule has 0 radical (unpaired) electrons. The summed E-state index contributed by atoms with van der Waals surface area (Å²) in [5, 5.41) is 17.9. The molecule has 0 fully saturated rings. The first-order valence-electron chi connectivity index (χ1n) is 5.18. The molecule has 0 saturated heterocycles. The van der Waals surface area contributed by atoms with Gasteiger partial charge < -0.3 is 10.2 Å². The third kappa shape index (κ3) is 3.51. The number of aliphatic hydroxyl groups excluding tert-OH is 2. The maximum absolute atomic E-state index is 11.7. The smallest absolute Gasteiger partial charge is 0.158 e. The van der Waals surface area contributed by atoms with Crippen molar-refractivity contribution in [3.05, 3.63) is 34.3 Å². The van der Waals surface area contributed by atoms with Crippen molar-refractivity contribution in [2.75, 3.05) is 12.4 Å². The van der Waals surface area contributed by atoms with Gasteiger partial charge in [-0.05, 0) is 17.7 Å². The third-order valence-corrected chi connectivity index (χ3v) is 5.27. The predicted molar refractivity (Wildman–Crippen MR) is 69.4 cm³/mol. The second-order valence-electron chi connectivity index (χ2n) is 3.67. The van der Waals surface area contributed by atoms with Crippen molar-refractivity contribution >= 4 is 25.8 Å². The Balaban J connectivity index is 3.02. The van der Waals surface area contributed by atoms with Crippen LogP contribution in [0.2, 0.25) is 0 Å². The van der Waals surface area contributed by atoms with Crippen LogP contribution in [0.25, 0.3) is 0 Å². The molecule has 0 aliphatic carbocycles. The van der Waals surface area contributed by atoms with Crippen molar-refractivity contribution in [2.45, 2.75) is 18.3 Å². The molecule has 1 aromatic carbocycles. The number of benzene rings is 1. The van der Waals surface area contributed by atoms with E-state index in [1.807, 2.05) is 0 Å². The fraction of sp³-hybridized carbons (Fsp3) is 0.455. The van der Waals surface area contributed by atoms with Crippen LogP contribution in [-0.4, -0.2) is 36.2 Å². The van der Waals surface area contributed by atoms with Gasteiger partial charge in [0.1, 0.15) is 5.25 Å². The Bertz CT molecular complexity index is 455. The first-order valence-corrected chi connectivity index (χ1v) is 7.69. The molecule has 0 aliphatic rings. The average molecular weight is 323 g/mol. The average Bonchev–Trinajstić information content (AvgIpc) is 2.30. The number of halogens is 1. The summed E-state index contributed by atoms with van der Waals surface area (Å²) in [6.07, 6.45) is -1.21. The predicted octanol–water partition coefficient (Wildman–Crippen LogP) is 1.28. The molecule has 0 spiro atoms. The van der Waals surface area contributed by atoms with Crippen LogP contribution in [0.15, 0.2) is 28.7 Å². The van der Waals surface area contributed by atoms with Gasteiger partial charge in [-0.1, -0.05) is 35.0 Å². The van der Waals surface area contributed by atoms with Gasteiger partial charge in [0.25, 0.3) is 0 Å². The first kappa shape index (κ1) is 14.6. The van der Waals surface area contributed by atoms with Gasteiger partial charge in [-0.15, -0.1) is 0 Å². The lowest BCUT2D eigenvalue weighted by Gasteiger charge is -2.20. The van der Waals surface area contributed by atoms with Crippen LogP contribution in [0.1, 0.15) is 18.6 Å². The van der Waals surface area contributed by atoms with Crippen LogP contribution < -0.4 is 0 Å². The zero-order valence-corrected chi connectivity index (χ0v) is 11.8. The van der Waals surface area contributed by atoms with E-state index < -0.39 is 27.8 Å². The van der Waals surface area contributed by atoms with Gasteiger partial charge in [-0.2, -0.15) is 0 Å². The van der Waals surface area contributed by atoms with E-state index in [2.05, 4.69) is 15.9 Å². The Labute approximate surface area is 109 Å².